The second kappa shape index (κ2) is 6.89. The van der Waals surface area contributed by atoms with Crippen LogP contribution in [0.2, 0.25) is 0 Å². The topological polar surface area (TPSA) is 40.5 Å². The number of hydrogen-bond donors (Lipinski definition) is 1. The van der Waals surface area contributed by atoms with Gasteiger partial charge in [-0.1, -0.05) is 33.1 Å². The number of carbonyl (C=O) groups is 1. The second-order valence-electron chi connectivity index (χ2n) is 4.95. The van der Waals surface area contributed by atoms with Crippen LogP contribution >= 0.6 is 0 Å². The summed E-state index contributed by atoms with van der Waals surface area (Å²) < 4.78 is 0. The molecule has 3 nitrogen and oxygen atoms in total. The maximum absolute atomic E-state index is 12.0. The minimum absolute atomic E-state index is 0.154. The second-order valence-corrected chi connectivity index (χ2v) is 4.95. The molecule has 0 saturated carbocycles. The summed E-state index contributed by atoms with van der Waals surface area (Å²) in [5.41, 5.74) is 0. The Hall–Kier alpha value is -0.570. The summed E-state index contributed by atoms with van der Waals surface area (Å²) in [6.07, 6.45) is 5.87. The third-order valence-corrected chi connectivity index (χ3v) is 3.44. The largest absolute Gasteiger partial charge is 0.393 e. The molecule has 0 radical (unpaired) electrons. The minimum Gasteiger partial charge on any atom is -0.393 e. The molecule has 1 heterocycles. The number of rotatable bonds is 5. The average Bonchev–Trinajstić information content (AvgIpc) is 2.29. The van der Waals surface area contributed by atoms with Crippen molar-refractivity contribution < 1.29 is 9.90 Å². The van der Waals surface area contributed by atoms with Gasteiger partial charge in [-0.25, -0.2) is 0 Å². The minimum atomic E-state index is -0.195. The number of likely N-dealkylation sites (tertiary alicyclic amines) is 1. The van der Waals surface area contributed by atoms with Crippen LogP contribution in [-0.2, 0) is 4.79 Å². The van der Waals surface area contributed by atoms with Crippen LogP contribution in [0.15, 0.2) is 0 Å². The Balaban J connectivity index is 2.27. The van der Waals surface area contributed by atoms with E-state index < -0.39 is 0 Å². The highest BCUT2D eigenvalue weighted by Gasteiger charge is 2.24. The molecule has 0 aromatic heterocycles. The molecule has 0 bridgehead atoms. The maximum atomic E-state index is 12.0. The molecule has 16 heavy (non-hydrogen) atoms. The van der Waals surface area contributed by atoms with Crippen LogP contribution in [0.5, 0.6) is 0 Å². The molecule has 1 atom stereocenters. The molecule has 94 valence electrons. The Morgan fingerprint density at radius 1 is 1.38 bits per heavy atom. The van der Waals surface area contributed by atoms with Crippen LogP contribution < -0.4 is 0 Å². The first-order valence-corrected chi connectivity index (χ1v) is 6.62. The average molecular weight is 227 g/mol. The first-order chi connectivity index (χ1) is 7.65. The molecule has 1 amide bonds. The molecule has 1 fully saturated rings. The maximum Gasteiger partial charge on any atom is 0.225 e. The third kappa shape index (κ3) is 4.12. The van der Waals surface area contributed by atoms with Crippen molar-refractivity contribution >= 4 is 5.91 Å². The van der Waals surface area contributed by atoms with Gasteiger partial charge in [-0.05, 0) is 19.3 Å². The number of carbonyl (C=O) groups excluding carboxylic acids is 1. The van der Waals surface area contributed by atoms with Crippen molar-refractivity contribution in [3.63, 3.8) is 0 Å². The van der Waals surface area contributed by atoms with E-state index in [0.29, 0.717) is 0 Å². The van der Waals surface area contributed by atoms with Crippen molar-refractivity contribution in [1.29, 1.82) is 0 Å². The van der Waals surface area contributed by atoms with E-state index in [9.17, 15) is 9.90 Å². The van der Waals surface area contributed by atoms with E-state index >= 15 is 0 Å². The monoisotopic (exact) mass is 227 g/mol. The molecule has 3 heteroatoms. The number of piperidine rings is 1. The van der Waals surface area contributed by atoms with Crippen LogP contribution in [0.25, 0.3) is 0 Å². The zero-order chi connectivity index (χ0) is 12.0. The molecular formula is C13H25NO2. The van der Waals surface area contributed by atoms with E-state index in [1.165, 1.54) is 12.8 Å². The summed E-state index contributed by atoms with van der Waals surface area (Å²) in [5, 5.41) is 9.38. The SMILES string of the molecule is CCCCC[C@H](C)C(=O)N1CCC(O)CC1. The summed E-state index contributed by atoms with van der Waals surface area (Å²) in [6, 6.07) is 0. The molecule has 0 aromatic carbocycles. The first-order valence-electron chi connectivity index (χ1n) is 6.62. The van der Waals surface area contributed by atoms with Gasteiger partial charge in [0.2, 0.25) is 5.91 Å². The van der Waals surface area contributed by atoms with Gasteiger partial charge in [-0.15, -0.1) is 0 Å². The summed E-state index contributed by atoms with van der Waals surface area (Å²) in [5.74, 6) is 0.435. The predicted molar refractivity (Wildman–Crippen MR) is 65.1 cm³/mol. The van der Waals surface area contributed by atoms with Crippen LogP contribution in [0, 0.1) is 5.92 Å². The molecular weight excluding hydrogens is 202 g/mol. The van der Waals surface area contributed by atoms with Gasteiger partial charge in [0, 0.05) is 19.0 Å². The highest BCUT2D eigenvalue weighted by atomic mass is 16.3. The highest BCUT2D eigenvalue weighted by Crippen LogP contribution is 2.16. The molecule has 0 unspecified atom stereocenters. The van der Waals surface area contributed by atoms with E-state index in [1.54, 1.807) is 0 Å². The first kappa shape index (κ1) is 13.5. The number of hydrogen-bond acceptors (Lipinski definition) is 2. The summed E-state index contributed by atoms with van der Waals surface area (Å²) in [4.78, 5) is 14.0. The van der Waals surface area contributed by atoms with Gasteiger partial charge in [-0.2, -0.15) is 0 Å². The van der Waals surface area contributed by atoms with Crippen molar-refractivity contribution in [3.8, 4) is 0 Å². The van der Waals surface area contributed by atoms with E-state index in [0.717, 1.165) is 38.8 Å². The summed E-state index contributed by atoms with van der Waals surface area (Å²) >= 11 is 0. The predicted octanol–water partition coefficient (Wildman–Crippen LogP) is 2.19. The molecule has 1 saturated heterocycles. The van der Waals surface area contributed by atoms with Gasteiger partial charge < -0.3 is 10.0 Å². The molecule has 0 spiro atoms. The number of aliphatic hydroxyl groups is 1. The van der Waals surface area contributed by atoms with E-state index in [1.807, 2.05) is 11.8 Å². The zero-order valence-electron chi connectivity index (χ0n) is 10.6. The lowest BCUT2D eigenvalue weighted by Crippen LogP contribution is -2.42. The Morgan fingerprint density at radius 2 is 2.00 bits per heavy atom. The fourth-order valence-corrected chi connectivity index (χ4v) is 2.22. The molecule has 1 aliphatic heterocycles. The number of aliphatic hydroxyl groups excluding tert-OH is 1. The van der Waals surface area contributed by atoms with Crippen molar-refractivity contribution in [2.24, 2.45) is 5.92 Å². The van der Waals surface area contributed by atoms with Crippen LogP contribution in [-0.4, -0.2) is 35.1 Å². The molecule has 0 aromatic rings. The lowest BCUT2D eigenvalue weighted by Gasteiger charge is -2.31. The van der Waals surface area contributed by atoms with Gasteiger partial charge in [-0.3, -0.25) is 4.79 Å². The van der Waals surface area contributed by atoms with Crippen molar-refractivity contribution in [2.45, 2.75) is 58.5 Å². The Morgan fingerprint density at radius 3 is 2.56 bits per heavy atom. The standard InChI is InChI=1S/C13H25NO2/c1-3-4-5-6-11(2)13(16)14-9-7-12(15)8-10-14/h11-12,15H,3-10H2,1-2H3/t11-/m0/s1. The van der Waals surface area contributed by atoms with E-state index in [4.69, 9.17) is 0 Å². The van der Waals surface area contributed by atoms with Crippen molar-refractivity contribution in [3.05, 3.63) is 0 Å². The number of nitrogens with zero attached hydrogens (tertiary/aromatic N) is 1. The zero-order valence-corrected chi connectivity index (χ0v) is 10.6. The van der Waals surface area contributed by atoms with Crippen LogP contribution in [0.1, 0.15) is 52.4 Å². The summed E-state index contributed by atoms with van der Waals surface area (Å²) in [6.45, 7) is 5.68. The van der Waals surface area contributed by atoms with E-state index in [2.05, 4.69) is 6.92 Å². The normalized spacial score (nSPS) is 19.8. The molecule has 1 N–H and O–H groups in total. The smallest absolute Gasteiger partial charge is 0.225 e. The fraction of sp³-hybridized carbons (Fsp3) is 0.923. The summed E-state index contributed by atoms with van der Waals surface area (Å²) in [7, 11) is 0. The van der Waals surface area contributed by atoms with Gasteiger partial charge in [0.1, 0.15) is 0 Å². The Labute approximate surface area is 98.8 Å². The molecule has 1 rings (SSSR count). The van der Waals surface area contributed by atoms with Gasteiger partial charge in [0.15, 0.2) is 0 Å². The van der Waals surface area contributed by atoms with Crippen LogP contribution in [0.4, 0.5) is 0 Å². The quantitative estimate of drug-likeness (QED) is 0.731. The highest BCUT2D eigenvalue weighted by molar-refractivity contribution is 5.78. The van der Waals surface area contributed by atoms with Crippen molar-refractivity contribution in [2.75, 3.05) is 13.1 Å². The molecule has 0 aliphatic carbocycles. The van der Waals surface area contributed by atoms with Gasteiger partial charge in [0.25, 0.3) is 0 Å². The lowest BCUT2D eigenvalue weighted by atomic mass is 10.00. The fourth-order valence-electron chi connectivity index (χ4n) is 2.22. The third-order valence-electron chi connectivity index (χ3n) is 3.44. The van der Waals surface area contributed by atoms with Crippen LogP contribution in [0.3, 0.4) is 0 Å². The Kier molecular flexibility index (Phi) is 5.81. The van der Waals surface area contributed by atoms with E-state index in [-0.39, 0.29) is 17.9 Å². The van der Waals surface area contributed by atoms with Crippen molar-refractivity contribution in [1.82, 2.24) is 4.90 Å². The van der Waals surface area contributed by atoms with Gasteiger partial charge in [0.05, 0.1) is 6.10 Å². The number of amides is 1. The Bertz CT molecular complexity index is 210. The van der Waals surface area contributed by atoms with Gasteiger partial charge >= 0.3 is 0 Å². The number of unbranched alkanes of at least 4 members (excludes halogenated alkanes) is 2. The molecule has 1 aliphatic rings. The lowest BCUT2D eigenvalue weighted by molar-refractivity contribution is -0.137.